The van der Waals surface area contributed by atoms with Crippen LogP contribution >= 0.6 is 0 Å². The van der Waals surface area contributed by atoms with Crippen molar-refractivity contribution in [3.8, 4) is 0 Å². The first-order chi connectivity index (χ1) is 7.08. The lowest BCUT2D eigenvalue weighted by Crippen LogP contribution is -2.10. The van der Waals surface area contributed by atoms with Gasteiger partial charge in [0.15, 0.2) is 0 Å². The third-order valence-electron chi connectivity index (χ3n) is 4.19. The van der Waals surface area contributed by atoms with E-state index in [0.29, 0.717) is 0 Å². The molecule has 0 saturated heterocycles. The summed E-state index contributed by atoms with van der Waals surface area (Å²) in [6.45, 7) is 9.45. The topological polar surface area (TPSA) is 0 Å². The minimum Gasteiger partial charge on any atom is -0.0845 e. The van der Waals surface area contributed by atoms with Gasteiger partial charge in [-0.1, -0.05) is 51.0 Å². The van der Waals surface area contributed by atoms with Gasteiger partial charge in [-0.3, -0.25) is 0 Å². The summed E-state index contributed by atoms with van der Waals surface area (Å²) in [7, 11) is 0. The number of fused-ring (bicyclic) bond motifs is 1. The molecule has 2 rings (SSSR count). The minimum absolute atomic E-state index is 0.729. The molecule has 2 aliphatic rings. The molecule has 3 unspecified atom stereocenters. The quantitative estimate of drug-likeness (QED) is 0.548. The Bertz CT molecular complexity index is 293. The van der Waals surface area contributed by atoms with Crippen LogP contribution in [0.2, 0.25) is 0 Å². The summed E-state index contributed by atoms with van der Waals surface area (Å²) in [6, 6.07) is 0. The summed E-state index contributed by atoms with van der Waals surface area (Å²) < 4.78 is 0. The largest absolute Gasteiger partial charge is 0.0845 e. The van der Waals surface area contributed by atoms with Crippen LogP contribution in [-0.4, -0.2) is 0 Å². The molecule has 3 atom stereocenters. The van der Waals surface area contributed by atoms with Crippen molar-refractivity contribution in [2.75, 3.05) is 0 Å². The minimum atomic E-state index is 0.729. The van der Waals surface area contributed by atoms with Gasteiger partial charge in [-0.25, -0.2) is 0 Å². The molecule has 0 heterocycles. The highest BCUT2D eigenvalue weighted by molar-refractivity contribution is 5.26. The van der Waals surface area contributed by atoms with Crippen molar-refractivity contribution in [1.82, 2.24) is 0 Å². The molecule has 84 valence electrons. The van der Waals surface area contributed by atoms with Crippen molar-refractivity contribution in [2.24, 2.45) is 23.7 Å². The molecule has 0 aliphatic heterocycles. The second-order valence-corrected chi connectivity index (χ2v) is 5.88. The van der Waals surface area contributed by atoms with E-state index < -0.39 is 0 Å². The van der Waals surface area contributed by atoms with Crippen molar-refractivity contribution in [1.29, 1.82) is 0 Å². The van der Waals surface area contributed by atoms with Crippen LogP contribution in [0.4, 0.5) is 0 Å². The van der Waals surface area contributed by atoms with E-state index in [1.807, 2.05) is 0 Å². The van der Waals surface area contributed by atoms with Gasteiger partial charge in [-0.2, -0.15) is 0 Å². The third kappa shape index (κ3) is 2.19. The molecule has 15 heavy (non-hydrogen) atoms. The van der Waals surface area contributed by atoms with Gasteiger partial charge in [0.05, 0.1) is 0 Å². The van der Waals surface area contributed by atoms with Crippen LogP contribution in [0.5, 0.6) is 0 Å². The summed E-state index contributed by atoms with van der Waals surface area (Å²) in [6.07, 6.45) is 9.01. The number of allylic oxidation sites excluding steroid dienone is 4. The highest BCUT2D eigenvalue weighted by Crippen LogP contribution is 2.43. The second kappa shape index (κ2) is 4.15. The first kappa shape index (κ1) is 11.0. The molecule has 0 nitrogen and oxygen atoms in total. The molecule has 0 N–H and O–H groups in total. The molecule has 0 radical (unpaired) electrons. The van der Waals surface area contributed by atoms with E-state index in [4.69, 9.17) is 0 Å². The zero-order chi connectivity index (χ0) is 11.0. The van der Waals surface area contributed by atoms with Crippen molar-refractivity contribution < 1.29 is 0 Å². The van der Waals surface area contributed by atoms with Gasteiger partial charge in [-0.05, 0) is 42.9 Å². The Morgan fingerprint density at radius 2 is 2.00 bits per heavy atom. The average molecular weight is 204 g/mol. The summed E-state index contributed by atoms with van der Waals surface area (Å²) in [4.78, 5) is 0. The summed E-state index contributed by atoms with van der Waals surface area (Å²) in [5, 5.41) is 0. The maximum Gasteiger partial charge on any atom is -0.0103 e. The van der Waals surface area contributed by atoms with E-state index >= 15 is 0 Å². The Morgan fingerprint density at radius 3 is 2.67 bits per heavy atom. The molecule has 0 aromatic carbocycles. The predicted octanol–water partition coefficient (Wildman–Crippen LogP) is 4.58. The number of hydrogen-bond donors (Lipinski definition) is 0. The van der Waals surface area contributed by atoms with Crippen LogP contribution in [0.1, 0.15) is 47.0 Å². The lowest BCUT2D eigenvalue weighted by molar-refractivity contribution is 0.387. The fraction of sp³-hybridized carbons (Fsp3) is 0.733. The molecule has 0 aromatic heterocycles. The maximum atomic E-state index is 2.54. The second-order valence-electron chi connectivity index (χ2n) is 5.88. The molecule has 0 fully saturated rings. The summed E-state index contributed by atoms with van der Waals surface area (Å²) >= 11 is 0. The normalized spacial score (nSPS) is 35.9. The van der Waals surface area contributed by atoms with Crippen molar-refractivity contribution in [2.45, 2.75) is 47.0 Å². The molecule has 0 spiro atoms. The molecular weight excluding hydrogens is 180 g/mol. The van der Waals surface area contributed by atoms with Crippen LogP contribution in [-0.2, 0) is 0 Å². The third-order valence-corrected chi connectivity index (χ3v) is 4.19. The summed E-state index contributed by atoms with van der Waals surface area (Å²) in [5.74, 6) is 3.29. The zero-order valence-corrected chi connectivity index (χ0v) is 10.6. The van der Waals surface area contributed by atoms with Gasteiger partial charge in [0.25, 0.3) is 0 Å². The number of rotatable bonds is 1. The van der Waals surface area contributed by atoms with E-state index in [2.05, 4.69) is 39.8 Å². The standard InChI is InChI=1S/C15H24/c1-10(2)13-6-5-12(4)15-8-11(3)7-14(15)9-13/h6-7,10-12,15H,5,8-9H2,1-4H3. The van der Waals surface area contributed by atoms with Gasteiger partial charge in [0.1, 0.15) is 0 Å². The Kier molecular flexibility index (Phi) is 3.04. The monoisotopic (exact) mass is 204 g/mol. The lowest BCUT2D eigenvalue weighted by Gasteiger charge is -2.19. The fourth-order valence-corrected chi connectivity index (χ4v) is 3.15. The Labute approximate surface area is 94.5 Å². The van der Waals surface area contributed by atoms with Gasteiger partial charge in [-0.15, -0.1) is 0 Å². The van der Waals surface area contributed by atoms with E-state index in [-0.39, 0.29) is 0 Å². The fourth-order valence-electron chi connectivity index (χ4n) is 3.15. The zero-order valence-electron chi connectivity index (χ0n) is 10.6. The Balaban J connectivity index is 2.21. The van der Waals surface area contributed by atoms with Gasteiger partial charge in [0, 0.05) is 0 Å². The van der Waals surface area contributed by atoms with Crippen LogP contribution in [0.15, 0.2) is 23.3 Å². The molecular formula is C15H24. The molecule has 0 aromatic rings. The van der Waals surface area contributed by atoms with Gasteiger partial charge >= 0.3 is 0 Å². The van der Waals surface area contributed by atoms with Crippen LogP contribution in [0.25, 0.3) is 0 Å². The maximum absolute atomic E-state index is 2.54. The van der Waals surface area contributed by atoms with Crippen molar-refractivity contribution >= 4 is 0 Å². The van der Waals surface area contributed by atoms with E-state index in [1.54, 1.807) is 11.1 Å². The first-order valence-electron chi connectivity index (χ1n) is 6.47. The smallest absolute Gasteiger partial charge is 0.0103 e. The molecule has 0 bridgehead atoms. The van der Waals surface area contributed by atoms with E-state index in [1.165, 1.54) is 19.3 Å². The first-order valence-corrected chi connectivity index (χ1v) is 6.47. The van der Waals surface area contributed by atoms with E-state index in [9.17, 15) is 0 Å². The Morgan fingerprint density at radius 1 is 1.27 bits per heavy atom. The van der Waals surface area contributed by atoms with E-state index in [0.717, 1.165) is 23.7 Å². The molecule has 0 heteroatoms. The van der Waals surface area contributed by atoms with Crippen LogP contribution in [0.3, 0.4) is 0 Å². The lowest BCUT2D eigenvalue weighted by atomic mass is 9.85. The molecule has 0 amide bonds. The average Bonchev–Trinajstić information content (AvgIpc) is 2.46. The van der Waals surface area contributed by atoms with Gasteiger partial charge < -0.3 is 0 Å². The van der Waals surface area contributed by atoms with Crippen LogP contribution in [0, 0.1) is 23.7 Å². The van der Waals surface area contributed by atoms with Crippen molar-refractivity contribution in [3.63, 3.8) is 0 Å². The highest BCUT2D eigenvalue weighted by Gasteiger charge is 2.30. The molecule has 2 aliphatic carbocycles. The SMILES string of the molecule is CC1C=C2CC(C(C)C)=CCC(C)C2C1. The predicted molar refractivity (Wildman–Crippen MR) is 66.7 cm³/mol. The molecule has 0 saturated carbocycles. The van der Waals surface area contributed by atoms with Gasteiger partial charge in [0.2, 0.25) is 0 Å². The van der Waals surface area contributed by atoms with Crippen molar-refractivity contribution in [3.05, 3.63) is 23.3 Å². The van der Waals surface area contributed by atoms with Crippen LogP contribution < -0.4 is 0 Å². The summed E-state index contributed by atoms with van der Waals surface area (Å²) in [5.41, 5.74) is 3.41. The Hall–Kier alpha value is -0.520. The highest BCUT2D eigenvalue weighted by atomic mass is 14.4. The number of hydrogen-bond acceptors (Lipinski definition) is 0.